The van der Waals surface area contributed by atoms with Gasteiger partial charge in [-0.3, -0.25) is 4.79 Å². The third-order valence-electron chi connectivity index (χ3n) is 5.02. The second-order valence-electron chi connectivity index (χ2n) is 8.05. The molecule has 1 aromatic heterocycles. The van der Waals surface area contributed by atoms with E-state index in [4.69, 9.17) is 4.42 Å². The van der Waals surface area contributed by atoms with Gasteiger partial charge in [0.2, 0.25) is 5.91 Å². The molecule has 1 N–H and O–H groups in total. The molecule has 24 heavy (non-hydrogen) atoms. The predicted octanol–water partition coefficient (Wildman–Crippen LogP) is 4.79. The Hall–Kier alpha value is -2.03. The fraction of sp³-hybridized carbons (Fsp3) is 0.476. The van der Waals surface area contributed by atoms with E-state index in [1.807, 2.05) is 26.0 Å². The summed E-state index contributed by atoms with van der Waals surface area (Å²) in [5, 5.41) is 3.12. The summed E-state index contributed by atoms with van der Waals surface area (Å²) in [5.74, 6) is 1.78. The molecule has 0 aliphatic heterocycles. The van der Waals surface area contributed by atoms with Crippen LogP contribution in [0.15, 0.2) is 40.8 Å². The summed E-state index contributed by atoms with van der Waals surface area (Å²) >= 11 is 0. The normalized spacial score (nSPS) is 17.4. The number of hydrogen-bond donors (Lipinski definition) is 1. The van der Waals surface area contributed by atoms with Crippen LogP contribution in [-0.2, 0) is 15.6 Å². The highest BCUT2D eigenvalue weighted by atomic mass is 16.3. The highest BCUT2D eigenvalue weighted by Gasteiger charge is 2.51. The SMILES string of the molecule is Cc1ccc(C(C)NC(=O)C2(c3ccc(C(C)(C)C)cc3)CC2)o1. The lowest BCUT2D eigenvalue weighted by Gasteiger charge is -2.22. The first-order valence-electron chi connectivity index (χ1n) is 8.71. The quantitative estimate of drug-likeness (QED) is 0.878. The Kier molecular flexibility index (Phi) is 4.06. The van der Waals surface area contributed by atoms with E-state index in [1.54, 1.807) is 0 Å². The van der Waals surface area contributed by atoms with Crippen molar-refractivity contribution < 1.29 is 9.21 Å². The highest BCUT2D eigenvalue weighted by Crippen LogP contribution is 2.49. The number of aryl methyl sites for hydroxylation is 1. The number of benzene rings is 1. The lowest BCUT2D eigenvalue weighted by molar-refractivity contribution is -0.124. The first kappa shape index (κ1) is 16.8. The highest BCUT2D eigenvalue weighted by molar-refractivity contribution is 5.91. The van der Waals surface area contributed by atoms with Crippen molar-refractivity contribution >= 4 is 5.91 Å². The first-order chi connectivity index (χ1) is 11.2. The van der Waals surface area contributed by atoms with Gasteiger partial charge in [0, 0.05) is 0 Å². The van der Waals surface area contributed by atoms with Crippen molar-refractivity contribution in [1.29, 1.82) is 0 Å². The molecule has 1 aliphatic carbocycles. The number of amides is 1. The molecular formula is C21H27NO2. The second kappa shape index (κ2) is 5.80. The minimum atomic E-state index is -0.355. The molecule has 3 heteroatoms. The summed E-state index contributed by atoms with van der Waals surface area (Å²) in [5.41, 5.74) is 2.19. The van der Waals surface area contributed by atoms with Crippen molar-refractivity contribution in [3.63, 3.8) is 0 Å². The van der Waals surface area contributed by atoms with E-state index in [-0.39, 0.29) is 22.8 Å². The van der Waals surface area contributed by atoms with Crippen LogP contribution >= 0.6 is 0 Å². The summed E-state index contributed by atoms with van der Waals surface area (Å²) in [6.07, 6.45) is 1.83. The summed E-state index contributed by atoms with van der Waals surface area (Å²) in [7, 11) is 0. The molecule has 1 saturated carbocycles. The average molecular weight is 325 g/mol. The van der Waals surface area contributed by atoms with E-state index in [0.29, 0.717) is 0 Å². The van der Waals surface area contributed by atoms with Gasteiger partial charge in [-0.1, -0.05) is 45.0 Å². The molecule has 2 aromatic rings. The molecule has 1 aliphatic rings. The van der Waals surface area contributed by atoms with Crippen LogP contribution in [0.2, 0.25) is 0 Å². The second-order valence-corrected chi connectivity index (χ2v) is 8.05. The Morgan fingerprint density at radius 1 is 1.12 bits per heavy atom. The molecule has 0 spiro atoms. The first-order valence-corrected chi connectivity index (χ1v) is 8.71. The standard InChI is InChI=1S/C21H27NO2/c1-14-6-11-18(24-14)15(2)22-19(23)21(12-13-21)17-9-7-16(8-10-17)20(3,4)5/h6-11,15H,12-13H2,1-5H3,(H,22,23). The van der Waals surface area contributed by atoms with E-state index in [2.05, 4.69) is 50.4 Å². The van der Waals surface area contributed by atoms with Crippen LogP contribution in [0.1, 0.15) is 69.2 Å². The zero-order valence-electron chi connectivity index (χ0n) is 15.3. The topological polar surface area (TPSA) is 42.2 Å². The Morgan fingerprint density at radius 2 is 1.75 bits per heavy atom. The van der Waals surface area contributed by atoms with Crippen LogP contribution in [0.3, 0.4) is 0 Å². The third kappa shape index (κ3) is 3.12. The number of carbonyl (C=O) groups is 1. The lowest BCUT2D eigenvalue weighted by atomic mass is 9.85. The number of rotatable bonds is 4. The monoisotopic (exact) mass is 325 g/mol. The molecule has 0 radical (unpaired) electrons. The average Bonchev–Trinajstić information content (AvgIpc) is 3.22. The smallest absolute Gasteiger partial charge is 0.231 e. The van der Waals surface area contributed by atoms with E-state index >= 15 is 0 Å². The molecule has 0 bridgehead atoms. The minimum absolute atomic E-state index is 0.104. The fourth-order valence-electron chi connectivity index (χ4n) is 3.15. The van der Waals surface area contributed by atoms with Crippen LogP contribution < -0.4 is 5.32 Å². The van der Waals surface area contributed by atoms with Crippen molar-refractivity contribution in [1.82, 2.24) is 5.32 Å². The Bertz CT molecular complexity index is 730. The number of carbonyl (C=O) groups excluding carboxylic acids is 1. The molecule has 1 fully saturated rings. The van der Waals surface area contributed by atoms with Crippen LogP contribution in [0.4, 0.5) is 0 Å². The van der Waals surface area contributed by atoms with Gasteiger partial charge in [-0.25, -0.2) is 0 Å². The van der Waals surface area contributed by atoms with Crippen molar-refractivity contribution in [3.8, 4) is 0 Å². The van der Waals surface area contributed by atoms with Crippen molar-refractivity contribution in [2.24, 2.45) is 0 Å². The maximum Gasteiger partial charge on any atom is 0.231 e. The molecule has 1 aromatic carbocycles. The van der Waals surface area contributed by atoms with E-state index in [1.165, 1.54) is 5.56 Å². The van der Waals surface area contributed by atoms with Crippen molar-refractivity contribution in [2.75, 3.05) is 0 Å². The Balaban J connectivity index is 1.74. The Labute approximate surface area is 144 Å². The third-order valence-corrected chi connectivity index (χ3v) is 5.02. The van der Waals surface area contributed by atoms with Gasteiger partial charge in [-0.15, -0.1) is 0 Å². The van der Waals surface area contributed by atoms with E-state index in [0.717, 1.165) is 29.9 Å². The van der Waals surface area contributed by atoms with Gasteiger partial charge in [-0.05, 0) is 55.4 Å². The molecule has 3 rings (SSSR count). The van der Waals surface area contributed by atoms with Crippen LogP contribution in [0, 0.1) is 6.92 Å². The van der Waals surface area contributed by atoms with Gasteiger partial charge in [0.05, 0.1) is 11.5 Å². The number of furan rings is 1. The maximum absolute atomic E-state index is 12.8. The van der Waals surface area contributed by atoms with Crippen molar-refractivity contribution in [2.45, 2.75) is 64.3 Å². The van der Waals surface area contributed by atoms with Gasteiger partial charge in [-0.2, -0.15) is 0 Å². The largest absolute Gasteiger partial charge is 0.464 e. The summed E-state index contributed by atoms with van der Waals surface area (Å²) in [4.78, 5) is 12.8. The molecule has 0 saturated heterocycles. The molecule has 1 amide bonds. The van der Waals surface area contributed by atoms with Crippen molar-refractivity contribution in [3.05, 3.63) is 59.0 Å². The van der Waals surface area contributed by atoms with Crippen LogP contribution in [0.5, 0.6) is 0 Å². The van der Waals surface area contributed by atoms with Gasteiger partial charge in [0.25, 0.3) is 0 Å². The number of hydrogen-bond acceptors (Lipinski definition) is 2. The van der Waals surface area contributed by atoms with E-state index in [9.17, 15) is 4.79 Å². The molecule has 3 nitrogen and oxygen atoms in total. The van der Waals surface area contributed by atoms with Gasteiger partial charge in [0.1, 0.15) is 11.5 Å². The van der Waals surface area contributed by atoms with Crippen LogP contribution in [0.25, 0.3) is 0 Å². The fourth-order valence-corrected chi connectivity index (χ4v) is 3.15. The van der Waals surface area contributed by atoms with Gasteiger partial charge in [0.15, 0.2) is 0 Å². The van der Waals surface area contributed by atoms with Gasteiger partial charge < -0.3 is 9.73 Å². The molecule has 1 atom stereocenters. The summed E-state index contributed by atoms with van der Waals surface area (Å²) in [6.45, 7) is 10.5. The molecule has 128 valence electrons. The summed E-state index contributed by atoms with van der Waals surface area (Å²) in [6, 6.07) is 12.3. The predicted molar refractivity (Wildman–Crippen MR) is 96.1 cm³/mol. The van der Waals surface area contributed by atoms with Gasteiger partial charge >= 0.3 is 0 Å². The minimum Gasteiger partial charge on any atom is -0.464 e. The number of nitrogens with one attached hydrogen (secondary N) is 1. The zero-order valence-corrected chi connectivity index (χ0v) is 15.3. The Morgan fingerprint density at radius 3 is 2.21 bits per heavy atom. The molecule has 1 unspecified atom stereocenters. The van der Waals surface area contributed by atoms with Crippen LogP contribution in [-0.4, -0.2) is 5.91 Å². The molecule has 1 heterocycles. The molecular weight excluding hydrogens is 298 g/mol. The lowest BCUT2D eigenvalue weighted by Crippen LogP contribution is -2.36. The maximum atomic E-state index is 12.8. The zero-order chi connectivity index (χ0) is 17.5. The van der Waals surface area contributed by atoms with E-state index < -0.39 is 0 Å². The summed E-state index contributed by atoms with van der Waals surface area (Å²) < 4.78 is 5.62.